The highest BCUT2D eigenvalue weighted by molar-refractivity contribution is 8.18. The van der Waals surface area contributed by atoms with Crippen molar-refractivity contribution in [1.82, 2.24) is 19.9 Å². The number of halogens is 4. The summed E-state index contributed by atoms with van der Waals surface area (Å²) in [6, 6.07) is 15.8. The molecule has 4 aromatic rings. The van der Waals surface area contributed by atoms with Crippen LogP contribution in [0.5, 0.6) is 0 Å². The minimum Gasteiger partial charge on any atom is -0.368 e. The molecule has 0 aliphatic carbocycles. The number of anilines is 4. The summed E-state index contributed by atoms with van der Waals surface area (Å²) in [5.74, 6) is 1.26. The second kappa shape index (κ2) is 13.8. The van der Waals surface area contributed by atoms with Gasteiger partial charge >= 0.3 is 0 Å². The van der Waals surface area contributed by atoms with Crippen LogP contribution < -0.4 is 19.6 Å². The van der Waals surface area contributed by atoms with Crippen molar-refractivity contribution in [2.45, 2.75) is 31.8 Å². The van der Waals surface area contributed by atoms with E-state index in [4.69, 9.17) is 56.4 Å². The van der Waals surface area contributed by atoms with Crippen molar-refractivity contribution in [1.29, 1.82) is 0 Å². The molecule has 6 heterocycles. The summed E-state index contributed by atoms with van der Waals surface area (Å²) >= 11 is 28.6. The second-order valence-electron chi connectivity index (χ2n) is 11.9. The highest BCUT2D eigenvalue weighted by Crippen LogP contribution is 2.48. The molecular weight excluding hydrogens is 750 g/mol. The van der Waals surface area contributed by atoms with Crippen molar-refractivity contribution in [2.24, 2.45) is 0 Å². The van der Waals surface area contributed by atoms with Gasteiger partial charge in [0, 0.05) is 97.4 Å². The maximum Gasteiger partial charge on any atom is 0.227 e. The van der Waals surface area contributed by atoms with Crippen LogP contribution in [0.3, 0.4) is 0 Å². The van der Waals surface area contributed by atoms with E-state index in [-0.39, 0.29) is 9.16 Å². The first-order valence-electron chi connectivity index (χ1n) is 15.7. The number of fused-ring (bicyclic) bond motifs is 2. The molecule has 0 radical (unpaired) electrons. The second-order valence-corrected chi connectivity index (χ2v) is 18.3. The molecule has 4 aliphatic rings. The van der Waals surface area contributed by atoms with Gasteiger partial charge in [-0.1, -0.05) is 46.4 Å². The Bertz CT molecular complexity index is 1720. The maximum absolute atomic E-state index is 14.0. The number of thioether (sulfide) groups is 2. The summed E-state index contributed by atoms with van der Waals surface area (Å²) in [5, 5.41) is 2.32. The molecule has 2 aromatic heterocycles. The average molecular weight is 781 g/mol. The molecule has 2 fully saturated rings. The van der Waals surface area contributed by atoms with Gasteiger partial charge in [0.25, 0.3) is 0 Å². The predicted molar refractivity (Wildman–Crippen MR) is 201 cm³/mol. The topological polar surface area (TPSA) is 81.6 Å². The number of hydrogen-bond acceptors (Lipinski definition) is 11. The molecule has 0 unspecified atom stereocenters. The molecule has 16 heteroatoms. The summed E-state index contributed by atoms with van der Waals surface area (Å²) in [6.07, 6.45) is 1.14. The molecule has 0 amide bonds. The molecule has 2 saturated heterocycles. The first-order valence-corrected chi connectivity index (χ1v) is 20.2. The zero-order valence-electron chi connectivity index (χ0n) is 25.6. The van der Waals surface area contributed by atoms with Gasteiger partial charge < -0.3 is 19.6 Å². The third-order valence-electron chi connectivity index (χ3n) is 9.01. The van der Waals surface area contributed by atoms with Crippen LogP contribution >= 0.6 is 69.9 Å². The minimum absolute atomic E-state index is 0.178. The Morgan fingerprint density at radius 2 is 0.896 bits per heavy atom. The Labute approximate surface area is 310 Å². The number of piperazine rings is 2. The maximum atomic E-state index is 14.0. The number of nitrogens with zero attached hydrogens (tertiary/aromatic N) is 8. The Morgan fingerprint density at radius 1 is 0.542 bits per heavy atom. The fraction of sp³-hybridized carbons (Fsp3) is 0.375. The van der Waals surface area contributed by atoms with Crippen molar-refractivity contribution in [3.8, 4) is 0 Å². The molecule has 48 heavy (non-hydrogen) atoms. The summed E-state index contributed by atoms with van der Waals surface area (Å²) in [5.41, 5.74) is 4.04. The van der Waals surface area contributed by atoms with E-state index in [1.165, 1.54) is 23.5 Å². The number of aromatic nitrogens is 4. The fourth-order valence-corrected chi connectivity index (χ4v) is 12.5. The van der Waals surface area contributed by atoms with Crippen LogP contribution in [0.1, 0.15) is 11.4 Å². The van der Waals surface area contributed by atoms with Crippen LogP contribution in [0.15, 0.2) is 58.3 Å². The predicted octanol–water partition coefficient (Wildman–Crippen LogP) is 6.93. The van der Waals surface area contributed by atoms with Gasteiger partial charge in [0.15, 0.2) is 0 Å². The van der Waals surface area contributed by atoms with Crippen molar-refractivity contribution in [3.63, 3.8) is 0 Å². The normalized spacial score (nSPS) is 20.9. The summed E-state index contributed by atoms with van der Waals surface area (Å²) < 4.78 is 13.6. The number of benzene rings is 2. The molecule has 2 aromatic carbocycles. The fourth-order valence-electron chi connectivity index (χ4n) is 6.42. The molecule has 4 aliphatic heterocycles. The van der Waals surface area contributed by atoms with Crippen LogP contribution in [0, 0.1) is 0 Å². The molecule has 0 spiro atoms. The van der Waals surface area contributed by atoms with Crippen molar-refractivity contribution in [2.75, 3.05) is 72.0 Å². The van der Waals surface area contributed by atoms with Crippen LogP contribution in [-0.4, -0.2) is 85.7 Å². The zero-order valence-corrected chi connectivity index (χ0v) is 31.0. The van der Waals surface area contributed by atoms with Gasteiger partial charge in [-0.05, 0) is 48.5 Å². The first-order chi connectivity index (χ1) is 23.3. The van der Waals surface area contributed by atoms with E-state index >= 15 is 0 Å². The summed E-state index contributed by atoms with van der Waals surface area (Å²) in [4.78, 5) is 29.8. The molecule has 0 N–H and O–H groups in total. The largest absolute Gasteiger partial charge is 0.368 e. The molecule has 250 valence electrons. The van der Waals surface area contributed by atoms with Gasteiger partial charge in [0.2, 0.25) is 11.9 Å². The van der Waals surface area contributed by atoms with E-state index in [0.717, 1.165) is 95.0 Å². The highest BCUT2D eigenvalue weighted by Gasteiger charge is 2.40. The summed E-state index contributed by atoms with van der Waals surface area (Å²) in [6.45, 7) is 6.47. The van der Waals surface area contributed by atoms with E-state index in [9.17, 15) is 4.21 Å². The van der Waals surface area contributed by atoms with E-state index in [1.54, 1.807) is 0 Å². The lowest BCUT2D eigenvalue weighted by Gasteiger charge is -2.36. The molecule has 8 rings (SSSR count). The quantitative estimate of drug-likeness (QED) is 0.191. The standard InChI is InChI=1S/C32H30Cl4N8OS3/c33-19-1-5-21(6-2-19)41-9-13-43(14-10-41)31-37-23-17-25(46-27(23)29(35)39-31)48(45)26-18-24-28(47-26)30(36)40-32(38-24)44-15-11-42(12-16-44)22-7-3-20(34)4-8-22/h1-8,25-26H,9-18H2/t25-,26-/m1/s1. The van der Waals surface area contributed by atoms with E-state index in [1.807, 2.05) is 48.5 Å². The SMILES string of the molecule is O=S([C@@H]1Cc2nc(N3CCN(c4ccc(Cl)cc4)CC3)nc(Cl)c2S1)[C@@H]1Cc2nc(N3CCN(c4ccc(Cl)cc4)CC3)nc(Cl)c2S1. The molecular formula is C32H30Cl4N8OS3. The highest BCUT2D eigenvalue weighted by atomic mass is 35.5. The molecule has 0 bridgehead atoms. The van der Waals surface area contributed by atoms with Crippen LogP contribution in [0.25, 0.3) is 0 Å². The van der Waals surface area contributed by atoms with E-state index < -0.39 is 10.8 Å². The van der Waals surface area contributed by atoms with E-state index in [2.05, 4.69) is 29.6 Å². The van der Waals surface area contributed by atoms with Gasteiger partial charge in [-0.25, -0.2) is 9.97 Å². The van der Waals surface area contributed by atoms with Crippen LogP contribution in [0.2, 0.25) is 20.4 Å². The first kappa shape index (κ1) is 33.0. The minimum atomic E-state index is -1.20. The van der Waals surface area contributed by atoms with Gasteiger partial charge in [-0.2, -0.15) is 9.97 Å². The Balaban J connectivity index is 0.894. The third-order valence-corrected chi connectivity index (χ3v) is 15.6. The number of rotatable bonds is 6. The van der Waals surface area contributed by atoms with Gasteiger partial charge in [0.1, 0.15) is 10.3 Å². The van der Waals surface area contributed by atoms with Crippen LogP contribution in [-0.2, 0) is 23.6 Å². The lowest BCUT2D eigenvalue weighted by atomic mass is 10.2. The average Bonchev–Trinajstić information content (AvgIpc) is 3.75. The summed E-state index contributed by atoms with van der Waals surface area (Å²) in [7, 11) is -1.20. The van der Waals surface area contributed by atoms with Crippen molar-refractivity contribution < 1.29 is 4.21 Å². The number of hydrogen-bond donors (Lipinski definition) is 0. The third kappa shape index (κ3) is 6.66. The van der Waals surface area contributed by atoms with Crippen molar-refractivity contribution in [3.05, 3.63) is 80.3 Å². The Morgan fingerprint density at radius 3 is 1.27 bits per heavy atom. The lowest BCUT2D eigenvalue weighted by Crippen LogP contribution is -2.47. The molecule has 2 atom stereocenters. The molecule has 9 nitrogen and oxygen atoms in total. The van der Waals surface area contributed by atoms with Gasteiger partial charge in [-0.3, -0.25) is 4.21 Å². The smallest absolute Gasteiger partial charge is 0.227 e. The zero-order chi connectivity index (χ0) is 32.9. The van der Waals surface area contributed by atoms with Gasteiger partial charge in [-0.15, -0.1) is 23.5 Å². The van der Waals surface area contributed by atoms with Crippen LogP contribution in [0.4, 0.5) is 23.3 Å². The van der Waals surface area contributed by atoms with Gasteiger partial charge in [0.05, 0.1) is 30.3 Å². The monoisotopic (exact) mass is 778 g/mol. The van der Waals surface area contributed by atoms with E-state index in [0.29, 0.717) is 35.0 Å². The lowest BCUT2D eigenvalue weighted by molar-refractivity contribution is 0.637. The Hall–Kier alpha value is -2.19. The Kier molecular flexibility index (Phi) is 9.51. The van der Waals surface area contributed by atoms with Crippen molar-refractivity contribution >= 4 is 104 Å². The molecule has 0 saturated carbocycles.